The number of carbonyl (C=O) groups excluding carboxylic acids is 2. The Balaban J connectivity index is 1.53. The third kappa shape index (κ3) is 5.56. The number of halogens is 2. The highest BCUT2D eigenvalue weighted by Gasteiger charge is 2.38. The van der Waals surface area contributed by atoms with Crippen LogP contribution in [0.1, 0.15) is 50.5 Å². The second-order valence-electron chi connectivity index (χ2n) is 9.35. The number of aromatic nitrogens is 1. The van der Waals surface area contributed by atoms with Crippen molar-refractivity contribution >= 4 is 40.7 Å². The molecule has 2 aliphatic rings. The molecule has 2 atom stereocenters. The summed E-state index contributed by atoms with van der Waals surface area (Å²) in [6, 6.07) is 9.96. The number of rotatable bonds is 6. The maximum atomic E-state index is 13.1. The molecule has 1 aromatic carbocycles. The fourth-order valence-electron chi connectivity index (χ4n) is 5.35. The first-order chi connectivity index (χ1) is 16.3. The second kappa shape index (κ2) is 11.1. The lowest BCUT2D eigenvalue weighted by molar-refractivity contribution is -0.130. The summed E-state index contributed by atoms with van der Waals surface area (Å²) in [6.07, 6.45) is 7.56. The van der Waals surface area contributed by atoms with Gasteiger partial charge in [0.1, 0.15) is 0 Å². The summed E-state index contributed by atoms with van der Waals surface area (Å²) < 4.78 is 0. The fraction of sp³-hybridized carbons (Fsp3) is 0.500. The summed E-state index contributed by atoms with van der Waals surface area (Å²) in [7, 11) is 1.89. The van der Waals surface area contributed by atoms with E-state index in [2.05, 4.69) is 9.88 Å². The lowest BCUT2D eigenvalue weighted by Crippen LogP contribution is -2.50. The van der Waals surface area contributed by atoms with Gasteiger partial charge in [-0.3, -0.25) is 14.6 Å². The van der Waals surface area contributed by atoms with Crippen molar-refractivity contribution in [3.8, 4) is 0 Å². The largest absolute Gasteiger partial charge is 0.343 e. The minimum atomic E-state index is 0.000286. The molecule has 0 radical (unpaired) electrons. The van der Waals surface area contributed by atoms with Crippen LogP contribution in [-0.2, 0) is 9.59 Å². The second-order valence-corrected chi connectivity index (χ2v) is 10.2. The first-order valence-corrected chi connectivity index (χ1v) is 12.7. The van der Waals surface area contributed by atoms with Crippen molar-refractivity contribution in [3.05, 3.63) is 58.3 Å². The number of carbonyl (C=O) groups is 2. The Hall–Kier alpha value is -2.15. The van der Waals surface area contributed by atoms with Gasteiger partial charge in [-0.1, -0.05) is 29.3 Å². The molecule has 2 saturated heterocycles. The van der Waals surface area contributed by atoms with E-state index < -0.39 is 0 Å². The van der Waals surface area contributed by atoms with Crippen LogP contribution in [0, 0.1) is 0 Å². The summed E-state index contributed by atoms with van der Waals surface area (Å²) in [6.45, 7) is 4.42. The van der Waals surface area contributed by atoms with Crippen molar-refractivity contribution in [3.63, 3.8) is 0 Å². The molecule has 8 heteroatoms. The average Bonchev–Trinajstić information content (AvgIpc) is 2.85. The smallest absolute Gasteiger partial charge is 0.227 e. The quantitative estimate of drug-likeness (QED) is 0.557. The van der Waals surface area contributed by atoms with E-state index in [-0.39, 0.29) is 23.8 Å². The van der Waals surface area contributed by atoms with Crippen LogP contribution in [-0.4, -0.2) is 65.4 Å². The Bertz CT molecular complexity index is 1010. The summed E-state index contributed by atoms with van der Waals surface area (Å²) in [5.74, 6) is 0.418. The van der Waals surface area contributed by atoms with Gasteiger partial charge in [-0.05, 0) is 55.5 Å². The third-order valence-corrected chi connectivity index (χ3v) is 8.11. The van der Waals surface area contributed by atoms with Gasteiger partial charge in [0.25, 0.3) is 0 Å². The monoisotopic (exact) mass is 502 g/mol. The SMILES string of the molecule is CC(=O)N(C)C1CCN(CCC2[C@H](c3ccc(Cl)c(Cl)c3)CCC(=O)N2c2cccnc2)CC1. The normalized spacial score (nSPS) is 22.1. The number of anilines is 1. The molecule has 0 N–H and O–H groups in total. The van der Waals surface area contributed by atoms with Crippen LogP contribution >= 0.6 is 23.2 Å². The molecule has 1 aromatic heterocycles. The highest BCUT2D eigenvalue weighted by molar-refractivity contribution is 6.42. The molecular weight excluding hydrogens is 471 g/mol. The molecule has 2 fully saturated rings. The van der Waals surface area contributed by atoms with Crippen LogP contribution in [0.15, 0.2) is 42.7 Å². The number of hydrogen-bond donors (Lipinski definition) is 0. The Kier molecular flexibility index (Phi) is 8.12. The highest BCUT2D eigenvalue weighted by atomic mass is 35.5. The molecule has 6 nitrogen and oxygen atoms in total. The van der Waals surface area contributed by atoms with E-state index in [4.69, 9.17) is 23.2 Å². The number of benzene rings is 1. The van der Waals surface area contributed by atoms with Gasteiger partial charge in [0.2, 0.25) is 11.8 Å². The van der Waals surface area contributed by atoms with Crippen molar-refractivity contribution in [2.75, 3.05) is 31.6 Å². The zero-order valence-electron chi connectivity index (χ0n) is 19.8. The van der Waals surface area contributed by atoms with Crippen molar-refractivity contribution < 1.29 is 9.59 Å². The van der Waals surface area contributed by atoms with Gasteiger partial charge in [-0.2, -0.15) is 0 Å². The summed E-state index contributed by atoms with van der Waals surface area (Å²) in [5, 5.41) is 1.08. The summed E-state index contributed by atoms with van der Waals surface area (Å²) in [5.41, 5.74) is 1.95. The molecule has 0 spiro atoms. The number of nitrogens with zero attached hydrogens (tertiary/aromatic N) is 4. The van der Waals surface area contributed by atoms with E-state index in [0.717, 1.165) is 56.6 Å². The molecular formula is C26H32Cl2N4O2. The Morgan fingerprint density at radius 3 is 2.56 bits per heavy atom. The highest BCUT2D eigenvalue weighted by Crippen LogP contribution is 2.39. The lowest BCUT2D eigenvalue weighted by atomic mass is 9.81. The maximum Gasteiger partial charge on any atom is 0.227 e. The molecule has 3 heterocycles. The van der Waals surface area contributed by atoms with Crippen molar-refractivity contribution in [2.24, 2.45) is 0 Å². The molecule has 1 unspecified atom stereocenters. The molecule has 4 rings (SSSR count). The number of hydrogen-bond acceptors (Lipinski definition) is 4. The number of piperidine rings is 2. The number of amides is 2. The van der Waals surface area contributed by atoms with E-state index in [1.54, 1.807) is 19.3 Å². The molecule has 182 valence electrons. The maximum absolute atomic E-state index is 13.1. The summed E-state index contributed by atoms with van der Waals surface area (Å²) in [4.78, 5) is 35.4. The van der Waals surface area contributed by atoms with Crippen molar-refractivity contribution in [1.82, 2.24) is 14.8 Å². The van der Waals surface area contributed by atoms with E-state index in [9.17, 15) is 9.59 Å². The topological polar surface area (TPSA) is 56.8 Å². The first-order valence-electron chi connectivity index (χ1n) is 12.0. The molecule has 0 aliphatic carbocycles. The van der Waals surface area contributed by atoms with Crippen LogP contribution in [0.4, 0.5) is 5.69 Å². The van der Waals surface area contributed by atoms with Gasteiger partial charge in [0.05, 0.1) is 21.9 Å². The Morgan fingerprint density at radius 2 is 1.91 bits per heavy atom. The molecule has 2 aromatic rings. The van der Waals surface area contributed by atoms with Crippen LogP contribution in [0.5, 0.6) is 0 Å². The zero-order chi connectivity index (χ0) is 24.2. The number of pyridine rings is 1. The van der Waals surface area contributed by atoms with Crippen molar-refractivity contribution in [1.29, 1.82) is 0 Å². The van der Waals surface area contributed by atoms with Gasteiger partial charge in [-0.25, -0.2) is 0 Å². The molecule has 2 amide bonds. The Labute approximate surface area is 211 Å². The van der Waals surface area contributed by atoms with E-state index in [0.29, 0.717) is 22.5 Å². The predicted molar refractivity (Wildman–Crippen MR) is 136 cm³/mol. The average molecular weight is 503 g/mol. The number of likely N-dealkylation sites (tertiary alicyclic amines) is 1. The molecule has 2 aliphatic heterocycles. The minimum absolute atomic E-state index is 0.000286. The van der Waals surface area contributed by atoms with Gasteiger partial charge >= 0.3 is 0 Å². The van der Waals surface area contributed by atoms with Gasteiger partial charge in [0, 0.05) is 64.2 Å². The van der Waals surface area contributed by atoms with Gasteiger partial charge in [-0.15, -0.1) is 0 Å². The van der Waals surface area contributed by atoms with Gasteiger partial charge < -0.3 is 14.7 Å². The molecule has 0 bridgehead atoms. The zero-order valence-corrected chi connectivity index (χ0v) is 21.3. The standard InChI is InChI=1S/C26H32Cl2N4O2/c1-18(33)30(2)20-9-13-31(14-10-20)15-11-25-22(19-5-7-23(27)24(28)16-19)6-8-26(34)32(25)21-4-3-12-29-17-21/h3-5,7,12,16-17,20,22,25H,6,8-11,13-15H2,1-2H3/t22-,25?/m0/s1. The first kappa shape index (κ1) is 25.0. The van der Waals surface area contributed by atoms with E-state index >= 15 is 0 Å². The minimum Gasteiger partial charge on any atom is -0.343 e. The van der Waals surface area contributed by atoms with E-state index in [1.807, 2.05) is 47.2 Å². The predicted octanol–water partition coefficient (Wildman–Crippen LogP) is 5.00. The summed E-state index contributed by atoms with van der Waals surface area (Å²) >= 11 is 12.5. The van der Waals surface area contributed by atoms with E-state index in [1.165, 1.54) is 0 Å². The lowest BCUT2D eigenvalue weighted by Gasteiger charge is -2.43. The van der Waals surface area contributed by atoms with Crippen LogP contribution in [0.2, 0.25) is 10.0 Å². The van der Waals surface area contributed by atoms with Crippen LogP contribution in [0.25, 0.3) is 0 Å². The van der Waals surface area contributed by atoms with Crippen LogP contribution < -0.4 is 4.90 Å². The van der Waals surface area contributed by atoms with Gasteiger partial charge in [0.15, 0.2) is 0 Å². The molecule has 34 heavy (non-hydrogen) atoms. The molecule has 0 saturated carbocycles. The third-order valence-electron chi connectivity index (χ3n) is 7.37. The Morgan fingerprint density at radius 1 is 1.15 bits per heavy atom. The van der Waals surface area contributed by atoms with Crippen LogP contribution in [0.3, 0.4) is 0 Å². The van der Waals surface area contributed by atoms with Crippen molar-refractivity contribution in [2.45, 2.75) is 57.0 Å². The fourth-order valence-corrected chi connectivity index (χ4v) is 5.66.